The van der Waals surface area contributed by atoms with Crippen molar-refractivity contribution in [2.75, 3.05) is 5.32 Å². The quantitative estimate of drug-likeness (QED) is 0.859. The second kappa shape index (κ2) is 5.18. The van der Waals surface area contributed by atoms with Crippen LogP contribution in [-0.4, -0.2) is 16.0 Å². The largest absolute Gasteiger partial charge is 0.451 e. The zero-order valence-electron chi connectivity index (χ0n) is 10.8. The number of hydrogen-bond acceptors (Lipinski definition) is 3. The van der Waals surface area contributed by atoms with Crippen molar-refractivity contribution < 1.29 is 13.2 Å². The average Bonchev–Trinajstić information content (AvgIpc) is 2.79. The molecule has 110 valence electrons. The van der Waals surface area contributed by atoms with Crippen molar-refractivity contribution in [3.8, 4) is 0 Å². The molecule has 0 radical (unpaired) electrons. The minimum atomic E-state index is -4.61. The summed E-state index contributed by atoms with van der Waals surface area (Å²) in [6.07, 6.45) is -3.11. The molecule has 0 unspecified atom stereocenters. The number of nitrogens with one attached hydrogen (secondary N) is 1. The summed E-state index contributed by atoms with van der Waals surface area (Å²) in [5, 5.41) is 2.78. The number of aromatic nitrogens is 2. The van der Waals surface area contributed by atoms with E-state index in [0.717, 1.165) is 12.8 Å². The number of benzene rings is 1. The van der Waals surface area contributed by atoms with E-state index < -0.39 is 12.0 Å². The lowest BCUT2D eigenvalue weighted by Crippen LogP contribution is -2.22. The summed E-state index contributed by atoms with van der Waals surface area (Å²) >= 11 is 5.64. The van der Waals surface area contributed by atoms with Gasteiger partial charge in [-0.15, -0.1) is 0 Å². The molecule has 7 heteroatoms. The number of anilines is 1. The highest BCUT2D eigenvalue weighted by Crippen LogP contribution is 2.29. The Morgan fingerprint density at radius 3 is 2.29 bits per heavy atom. The Hall–Kier alpha value is -1.82. The number of halogens is 4. The molecule has 3 nitrogen and oxygen atoms in total. The van der Waals surface area contributed by atoms with Crippen LogP contribution in [0.4, 0.5) is 19.0 Å². The summed E-state index contributed by atoms with van der Waals surface area (Å²) in [4.78, 5) is 6.71. The fourth-order valence-electron chi connectivity index (χ4n) is 2.49. The highest BCUT2D eigenvalue weighted by Gasteiger charge is 2.35. The van der Waals surface area contributed by atoms with Gasteiger partial charge >= 0.3 is 6.18 Å². The second-order valence-corrected chi connectivity index (χ2v) is 5.30. The van der Waals surface area contributed by atoms with Crippen LogP contribution in [0.2, 0.25) is 5.15 Å². The van der Waals surface area contributed by atoms with E-state index in [9.17, 15) is 13.2 Å². The van der Waals surface area contributed by atoms with Gasteiger partial charge in [0.1, 0.15) is 11.0 Å². The molecule has 0 bridgehead atoms. The van der Waals surface area contributed by atoms with Crippen LogP contribution >= 0.6 is 11.6 Å². The first-order chi connectivity index (χ1) is 9.91. The highest BCUT2D eigenvalue weighted by molar-refractivity contribution is 6.29. The summed E-state index contributed by atoms with van der Waals surface area (Å²) in [6, 6.07) is 9.25. The first kappa shape index (κ1) is 14.1. The molecule has 1 aliphatic carbocycles. The van der Waals surface area contributed by atoms with Gasteiger partial charge in [-0.1, -0.05) is 35.9 Å². The molecule has 0 atom stereocenters. The first-order valence-electron chi connectivity index (χ1n) is 6.37. The van der Waals surface area contributed by atoms with Crippen LogP contribution in [0.15, 0.2) is 30.3 Å². The predicted molar refractivity (Wildman–Crippen MR) is 73.3 cm³/mol. The standard InChI is InChI=1S/C14H11ClF3N3/c15-11-7-12(21-13(20-11)14(16,17)18)19-10-5-8-3-1-2-4-9(8)6-10/h1-4,7,10H,5-6H2,(H,19,20,21). The van der Waals surface area contributed by atoms with Gasteiger partial charge in [-0.25, -0.2) is 9.97 Å². The fourth-order valence-corrected chi connectivity index (χ4v) is 2.67. The smallest absolute Gasteiger partial charge is 0.367 e. The van der Waals surface area contributed by atoms with Gasteiger partial charge in [0.25, 0.3) is 0 Å². The van der Waals surface area contributed by atoms with Crippen molar-refractivity contribution in [3.05, 3.63) is 52.4 Å². The Kier molecular flexibility index (Phi) is 3.49. The number of nitrogens with zero attached hydrogens (tertiary/aromatic N) is 2. The summed E-state index contributed by atoms with van der Waals surface area (Å²) in [7, 11) is 0. The molecular weight excluding hydrogens is 303 g/mol. The topological polar surface area (TPSA) is 37.8 Å². The maximum absolute atomic E-state index is 12.7. The third-order valence-electron chi connectivity index (χ3n) is 3.35. The zero-order chi connectivity index (χ0) is 15.0. The van der Waals surface area contributed by atoms with Crippen molar-refractivity contribution >= 4 is 17.4 Å². The van der Waals surface area contributed by atoms with Crippen molar-refractivity contribution in [1.82, 2.24) is 9.97 Å². The minimum absolute atomic E-state index is 0.00875. The van der Waals surface area contributed by atoms with E-state index in [-0.39, 0.29) is 17.0 Å². The first-order valence-corrected chi connectivity index (χ1v) is 6.75. The Morgan fingerprint density at radius 2 is 1.71 bits per heavy atom. The molecule has 2 aromatic rings. The molecule has 1 aliphatic rings. The lowest BCUT2D eigenvalue weighted by atomic mass is 10.1. The number of alkyl halides is 3. The normalized spacial score (nSPS) is 15.0. The van der Waals surface area contributed by atoms with Crippen LogP contribution in [0, 0.1) is 0 Å². The van der Waals surface area contributed by atoms with Gasteiger partial charge in [0.2, 0.25) is 5.82 Å². The third-order valence-corrected chi connectivity index (χ3v) is 3.55. The zero-order valence-corrected chi connectivity index (χ0v) is 11.5. The Labute approximate surface area is 124 Å². The van der Waals surface area contributed by atoms with E-state index in [0.29, 0.717) is 0 Å². The monoisotopic (exact) mass is 313 g/mol. The lowest BCUT2D eigenvalue weighted by Gasteiger charge is -2.14. The Bertz CT molecular complexity index is 648. The highest BCUT2D eigenvalue weighted by atomic mass is 35.5. The molecule has 0 aliphatic heterocycles. The molecule has 21 heavy (non-hydrogen) atoms. The molecule has 1 heterocycles. The van der Waals surface area contributed by atoms with Crippen molar-refractivity contribution in [2.24, 2.45) is 0 Å². The summed E-state index contributed by atoms with van der Waals surface area (Å²) in [6.45, 7) is 0. The molecule has 0 fully saturated rings. The van der Waals surface area contributed by atoms with E-state index in [4.69, 9.17) is 11.6 Å². The number of rotatable bonds is 2. The molecule has 0 spiro atoms. The lowest BCUT2D eigenvalue weighted by molar-refractivity contribution is -0.144. The van der Waals surface area contributed by atoms with Gasteiger partial charge in [-0.05, 0) is 24.0 Å². The second-order valence-electron chi connectivity index (χ2n) is 4.92. The van der Waals surface area contributed by atoms with Crippen molar-refractivity contribution in [2.45, 2.75) is 25.1 Å². The van der Waals surface area contributed by atoms with Gasteiger partial charge in [0, 0.05) is 12.1 Å². The summed E-state index contributed by atoms with van der Waals surface area (Å²) in [5.41, 5.74) is 2.40. The summed E-state index contributed by atoms with van der Waals surface area (Å²) < 4.78 is 38.0. The molecule has 0 saturated heterocycles. The van der Waals surface area contributed by atoms with Crippen LogP contribution in [0.25, 0.3) is 0 Å². The molecule has 1 aromatic carbocycles. The van der Waals surface area contributed by atoms with Crippen LogP contribution in [-0.2, 0) is 19.0 Å². The van der Waals surface area contributed by atoms with Crippen LogP contribution in [0.5, 0.6) is 0 Å². The fraction of sp³-hybridized carbons (Fsp3) is 0.286. The van der Waals surface area contributed by atoms with Gasteiger partial charge in [0.05, 0.1) is 0 Å². The number of fused-ring (bicyclic) bond motifs is 1. The van der Waals surface area contributed by atoms with Crippen molar-refractivity contribution in [3.63, 3.8) is 0 Å². The molecule has 1 aromatic heterocycles. The molecule has 1 N–H and O–H groups in total. The van der Waals surface area contributed by atoms with Gasteiger partial charge in [0.15, 0.2) is 0 Å². The van der Waals surface area contributed by atoms with Gasteiger partial charge in [-0.3, -0.25) is 0 Å². The van der Waals surface area contributed by atoms with Crippen LogP contribution < -0.4 is 5.32 Å². The van der Waals surface area contributed by atoms with Crippen LogP contribution in [0.3, 0.4) is 0 Å². The predicted octanol–water partition coefficient (Wildman–Crippen LogP) is 3.73. The number of hydrogen-bond donors (Lipinski definition) is 1. The minimum Gasteiger partial charge on any atom is -0.367 e. The summed E-state index contributed by atoms with van der Waals surface area (Å²) in [5.74, 6) is -1.13. The average molecular weight is 314 g/mol. The molecule has 3 rings (SSSR count). The van der Waals surface area contributed by atoms with Crippen LogP contribution in [0.1, 0.15) is 17.0 Å². The molecular formula is C14H11ClF3N3. The van der Waals surface area contributed by atoms with E-state index in [2.05, 4.69) is 15.3 Å². The SMILES string of the molecule is FC(F)(F)c1nc(Cl)cc(NC2Cc3ccccc3C2)n1. The van der Waals surface area contributed by atoms with Crippen molar-refractivity contribution in [1.29, 1.82) is 0 Å². The molecule has 0 saturated carbocycles. The molecule has 0 amide bonds. The Morgan fingerprint density at radius 1 is 1.10 bits per heavy atom. The van der Waals surface area contributed by atoms with E-state index in [1.54, 1.807) is 0 Å². The van der Waals surface area contributed by atoms with E-state index in [1.165, 1.54) is 17.2 Å². The Balaban J connectivity index is 1.79. The van der Waals surface area contributed by atoms with Gasteiger partial charge < -0.3 is 5.32 Å². The van der Waals surface area contributed by atoms with E-state index in [1.807, 2.05) is 24.3 Å². The van der Waals surface area contributed by atoms with Gasteiger partial charge in [-0.2, -0.15) is 13.2 Å². The third kappa shape index (κ3) is 3.10. The maximum Gasteiger partial charge on any atom is 0.451 e. The maximum atomic E-state index is 12.7. The van der Waals surface area contributed by atoms with E-state index >= 15 is 0 Å².